The predicted molar refractivity (Wildman–Crippen MR) is 80.1 cm³/mol. The van der Waals surface area contributed by atoms with Crippen LogP contribution in [0.25, 0.3) is 0 Å². The van der Waals surface area contributed by atoms with Crippen LogP contribution in [0.1, 0.15) is 58.8 Å². The number of guanidine groups is 1. The molecular formula is C16H29N3. The van der Waals surface area contributed by atoms with E-state index in [4.69, 9.17) is 5.73 Å². The average Bonchev–Trinajstić information content (AvgIpc) is 3.15. The summed E-state index contributed by atoms with van der Waals surface area (Å²) in [5, 5.41) is 0. The highest BCUT2D eigenvalue weighted by atomic mass is 15.4. The highest BCUT2D eigenvalue weighted by molar-refractivity contribution is 5.81. The zero-order valence-electron chi connectivity index (χ0n) is 12.6. The highest BCUT2D eigenvalue weighted by Crippen LogP contribution is 2.42. The first-order chi connectivity index (χ1) is 9.11. The van der Waals surface area contributed by atoms with Crippen molar-refractivity contribution in [2.24, 2.45) is 28.5 Å². The Hall–Kier alpha value is -0.730. The quantitative estimate of drug-likeness (QED) is 0.850. The lowest BCUT2D eigenvalue weighted by molar-refractivity contribution is 0.165. The maximum absolute atomic E-state index is 6.18. The molecule has 2 unspecified atom stereocenters. The third-order valence-corrected chi connectivity index (χ3v) is 5.66. The zero-order valence-corrected chi connectivity index (χ0v) is 12.6. The molecule has 1 spiro atoms. The standard InChI is InChI=1S/C16H29N3/c1-12(2)14-4-3-8-16(9-7-14)11-18-15(17)19(16)10-13-5-6-13/h12-14H,3-11H2,1-2H3,(H2,17,18). The number of rotatable bonds is 3. The van der Waals surface area contributed by atoms with Crippen LogP contribution in [0.5, 0.6) is 0 Å². The van der Waals surface area contributed by atoms with Crippen LogP contribution in [0.2, 0.25) is 0 Å². The molecule has 3 rings (SSSR count). The van der Waals surface area contributed by atoms with Gasteiger partial charge in [0.25, 0.3) is 0 Å². The van der Waals surface area contributed by atoms with Crippen molar-refractivity contribution in [1.82, 2.24) is 4.90 Å². The Morgan fingerprint density at radius 1 is 1.26 bits per heavy atom. The topological polar surface area (TPSA) is 41.6 Å². The van der Waals surface area contributed by atoms with E-state index in [0.29, 0.717) is 0 Å². The van der Waals surface area contributed by atoms with E-state index in [1.54, 1.807) is 0 Å². The van der Waals surface area contributed by atoms with E-state index >= 15 is 0 Å². The van der Waals surface area contributed by atoms with Crippen LogP contribution in [0.3, 0.4) is 0 Å². The normalized spacial score (nSPS) is 35.8. The number of hydrogen-bond donors (Lipinski definition) is 1. The van der Waals surface area contributed by atoms with Gasteiger partial charge >= 0.3 is 0 Å². The van der Waals surface area contributed by atoms with Gasteiger partial charge in [-0.05, 0) is 49.9 Å². The number of nitrogens with zero attached hydrogens (tertiary/aromatic N) is 2. The maximum Gasteiger partial charge on any atom is 0.191 e. The largest absolute Gasteiger partial charge is 0.370 e. The van der Waals surface area contributed by atoms with Gasteiger partial charge in [0, 0.05) is 6.54 Å². The van der Waals surface area contributed by atoms with E-state index in [-0.39, 0.29) is 5.54 Å². The number of aliphatic imine (C=N–C) groups is 1. The van der Waals surface area contributed by atoms with Gasteiger partial charge in [-0.15, -0.1) is 0 Å². The first-order valence-electron chi connectivity index (χ1n) is 8.18. The van der Waals surface area contributed by atoms with Crippen molar-refractivity contribution >= 4 is 5.96 Å². The Balaban J connectivity index is 1.71. The molecule has 2 aliphatic carbocycles. The molecule has 3 heteroatoms. The van der Waals surface area contributed by atoms with Gasteiger partial charge in [0.15, 0.2) is 5.96 Å². The lowest BCUT2D eigenvalue weighted by Crippen LogP contribution is -2.52. The molecule has 0 radical (unpaired) electrons. The summed E-state index contributed by atoms with van der Waals surface area (Å²) >= 11 is 0. The first kappa shape index (κ1) is 13.3. The summed E-state index contributed by atoms with van der Waals surface area (Å²) in [4.78, 5) is 7.10. The molecule has 0 bridgehead atoms. The van der Waals surface area contributed by atoms with Crippen LogP contribution in [0, 0.1) is 17.8 Å². The summed E-state index contributed by atoms with van der Waals surface area (Å²) in [7, 11) is 0. The summed E-state index contributed by atoms with van der Waals surface area (Å²) in [6.45, 7) is 6.88. The van der Waals surface area contributed by atoms with Crippen LogP contribution < -0.4 is 5.73 Å². The molecule has 108 valence electrons. The molecule has 3 nitrogen and oxygen atoms in total. The fourth-order valence-corrected chi connectivity index (χ4v) is 4.00. The van der Waals surface area contributed by atoms with Crippen LogP contribution in [0.4, 0.5) is 0 Å². The third kappa shape index (κ3) is 2.61. The molecule has 0 aromatic carbocycles. The zero-order chi connectivity index (χ0) is 13.5. The smallest absolute Gasteiger partial charge is 0.191 e. The molecule has 0 saturated heterocycles. The summed E-state index contributed by atoms with van der Waals surface area (Å²) in [5.74, 6) is 3.46. The Morgan fingerprint density at radius 3 is 2.74 bits per heavy atom. The molecule has 1 aliphatic heterocycles. The lowest BCUT2D eigenvalue weighted by Gasteiger charge is -2.39. The van der Waals surface area contributed by atoms with E-state index in [9.17, 15) is 0 Å². The molecule has 1 heterocycles. The minimum absolute atomic E-state index is 0.288. The number of hydrogen-bond acceptors (Lipinski definition) is 3. The Kier molecular flexibility index (Phi) is 3.48. The van der Waals surface area contributed by atoms with E-state index in [1.165, 1.54) is 51.5 Å². The van der Waals surface area contributed by atoms with Crippen LogP contribution >= 0.6 is 0 Å². The molecule has 19 heavy (non-hydrogen) atoms. The monoisotopic (exact) mass is 263 g/mol. The second-order valence-corrected chi connectivity index (χ2v) is 7.39. The Bertz CT molecular complexity index is 359. The molecular weight excluding hydrogens is 234 g/mol. The molecule has 2 saturated carbocycles. The molecule has 0 aromatic rings. The van der Waals surface area contributed by atoms with Crippen molar-refractivity contribution in [3.63, 3.8) is 0 Å². The summed E-state index contributed by atoms with van der Waals surface area (Å²) < 4.78 is 0. The van der Waals surface area contributed by atoms with Crippen molar-refractivity contribution in [1.29, 1.82) is 0 Å². The van der Waals surface area contributed by atoms with E-state index in [2.05, 4.69) is 23.7 Å². The molecule has 2 N–H and O–H groups in total. The minimum Gasteiger partial charge on any atom is -0.370 e. The van der Waals surface area contributed by atoms with Gasteiger partial charge in [-0.25, -0.2) is 0 Å². The summed E-state index contributed by atoms with van der Waals surface area (Å²) in [6.07, 6.45) is 9.51. The first-order valence-corrected chi connectivity index (χ1v) is 8.18. The highest BCUT2D eigenvalue weighted by Gasteiger charge is 2.45. The van der Waals surface area contributed by atoms with E-state index in [1.807, 2.05) is 0 Å². The fraction of sp³-hybridized carbons (Fsp3) is 0.938. The predicted octanol–water partition coefficient (Wildman–Crippen LogP) is 3.00. The summed E-state index contributed by atoms with van der Waals surface area (Å²) in [5.41, 5.74) is 6.47. The second-order valence-electron chi connectivity index (χ2n) is 7.39. The molecule has 2 atom stereocenters. The SMILES string of the molecule is CC(C)C1CCCC2(CC1)CN=C(N)N2CC1CC1. The second kappa shape index (κ2) is 4.99. The minimum atomic E-state index is 0.288. The third-order valence-electron chi connectivity index (χ3n) is 5.66. The van der Waals surface area contributed by atoms with Gasteiger partial charge in [-0.2, -0.15) is 0 Å². The fourth-order valence-electron chi connectivity index (χ4n) is 4.00. The number of nitrogens with two attached hydrogens (primary N) is 1. The van der Waals surface area contributed by atoms with Gasteiger partial charge in [-0.1, -0.05) is 26.7 Å². The van der Waals surface area contributed by atoms with Crippen LogP contribution in [-0.4, -0.2) is 29.5 Å². The Labute approximate surface area is 117 Å². The van der Waals surface area contributed by atoms with Gasteiger partial charge in [0.2, 0.25) is 0 Å². The lowest BCUT2D eigenvalue weighted by atomic mass is 9.86. The molecule has 0 amide bonds. The van der Waals surface area contributed by atoms with Crippen molar-refractivity contribution in [2.75, 3.05) is 13.1 Å². The van der Waals surface area contributed by atoms with Crippen molar-refractivity contribution < 1.29 is 0 Å². The Morgan fingerprint density at radius 2 is 2.05 bits per heavy atom. The molecule has 3 aliphatic rings. The van der Waals surface area contributed by atoms with Crippen molar-refractivity contribution in [2.45, 2.75) is 64.3 Å². The van der Waals surface area contributed by atoms with Crippen molar-refractivity contribution in [3.8, 4) is 0 Å². The van der Waals surface area contributed by atoms with Gasteiger partial charge < -0.3 is 10.6 Å². The van der Waals surface area contributed by atoms with Gasteiger partial charge in [-0.3, -0.25) is 4.99 Å². The maximum atomic E-state index is 6.18. The average molecular weight is 263 g/mol. The van der Waals surface area contributed by atoms with Gasteiger partial charge in [0.1, 0.15) is 0 Å². The van der Waals surface area contributed by atoms with E-state index < -0.39 is 0 Å². The summed E-state index contributed by atoms with van der Waals surface area (Å²) in [6, 6.07) is 0. The van der Waals surface area contributed by atoms with Crippen LogP contribution in [-0.2, 0) is 0 Å². The van der Waals surface area contributed by atoms with Crippen LogP contribution in [0.15, 0.2) is 4.99 Å². The van der Waals surface area contributed by atoms with Crippen molar-refractivity contribution in [3.05, 3.63) is 0 Å². The molecule has 2 fully saturated rings. The van der Waals surface area contributed by atoms with Gasteiger partial charge in [0.05, 0.1) is 12.1 Å². The van der Waals surface area contributed by atoms with E-state index in [0.717, 1.165) is 30.3 Å². The molecule has 0 aromatic heterocycles.